The summed E-state index contributed by atoms with van der Waals surface area (Å²) in [5.41, 5.74) is -0.0143. The number of hydrogen-bond donors (Lipinski definition) is 2. The molecule has 6 nitrogen and oxygen atoms in total. The standard InChI is InChI=1S/C16H20ClNO5/c1-10-7-12(3-4-13(10)17)23-11(2)15(21)18-16(8-14(19)20)5-6-22-9-16/h3-4,7,11H,5-6,8-9H2,1-2H3,(H,18,21)(H,19,20). The highest BCUT2D eigenvalue weighted by Crippen LogP contribution is 2.24. The molecule has 0 saturated carbocycles. The third-order valence-corrected chi connectivity index (χ3v) is 4.22. The highest BCUT2D eigenvalue weighted by Gasteiger charge is 2.39. The molecule has 1 fully saturated rings. The Morgan fingerprint density at radius 3 is 2.83 bits per heavy atom. The molecule has 1 aromatic rings. The maximum Gasteiger partial charge on any atom is 0.305 e. The summed E-state index contributed by atoms with van der Waals surface area (Å²) in [5, 5.41) is 12.4. The summed E-state index contributed by atoms with van der Waals surface area (Å²) in [6, 6.07) is 5.14. The third kappa shape index (κ3) is 4.59. The van der Waals surface area contributed by atoms with Crippen molar-refractivity contribution in [2.24, 2.45) is 0 Å². The van der Waals surface area contributed by atoms with Gasteiger partial charge in [-0.15, -0.1) is 0 Å². The summed E-state index contributed by atoms with van der Waals surface area (Å²) >= 11 is 5.96. The van der Waals surface area contributed by atoms with E-state index < -0.39 is 17.6 Å². The van der Waals surface area contributed by atoms with E-state index in [-0.39, 0.29) is 18.9 Å². The number of aliphatic carboxylic acids is 1. The Labute approximate surface area is 139 Å². The lowest BCUT2D eigenvalue weighted by Gasteiger charge is -2.28. The van der Waals surface area contributed by atoms with Gasteiger partial charge in [0.2, 0.25) is 0 Å². The normalized spacial score (nSPS) is 21.7. The monoisotopic (exact) mass is 341 g/mol. The fourth-order valence-electron chi connectivity index (χ4n) is 2.49. The van der Waals surface area contributed by atoms with E-state index in [1.54, 1.807) is 25.1 Å². The number of amides is 1. The maximum atomic E-state index is 12.3. The van der Waals surface area contributed by atoms with Crippen LogP contribution < -0.4 is 10.1 Å². The lowest BCUT2D eigenvalue weighted by atomic mass is 9.94. The molecule has 1 amide bonds. The summed E-state index contributed by atoms with van der Waals surface area (Å²) < 4.78 is 10.9. The second-order valence-electron chi connectivity index (χ2n) is 5.81. The van der Waals surface area contributed by atoms with Crippen LogP contribution in [0.5, 0.6) is 5.75 Å². The molecule has 0 radical (unpaired) electrons. The van der Waals surface area contributed by atoms with Crippen molar-refractivity contribution in [2.45, 2.75) is 38.3 Å². The zero-order chi connectivity index (χ0) is 17.0. The molecule has 2 N–H and O–H groups in total. The third-order valence-electron chi connectivity index (χ3n) is 3.79. The first-order chi connectivity index (χ1) is 10.8. The molecular formula is C16H20ClNO5. The molecule has 0 aliphatic carbocycles. The molecule has 1 aliphatic heterocycles. The van der Waals surface area contributed by atoms with E-state index in [4.69, 9.17) is 26.2 Å². The number of ether oxygens (including phenoxy) is 2. The summed E-state index contributed by atoms with van der Waals surface area (Å²) in [7, 11) is 0. The molecule has 0 bridgehead atoms. The Hall–Kier alpha value is -1.79. The predicted octanol–water partition coefficient (Wildman–Crippen LogP) is 2.17. The molecule has 2 atom stereocenters. The van der Waals surface area contributed by atoms with E-state index in [1.807, 2.05) is 6.92 Å². The van der Waals surface area contributed by atoms with Crippen LogP contribution in [0, 0.1) is 6.92 Å². The molecule has 23 heavy (non-hydrogen) atoms. The van der Waals surface area contributed by atoms with Gasteiger partial charge in [-0.2, -0.15) is 0 Å². The molecule has 1 aliphatic rings. The number of carbonyl (C=O) groups is 2. The van der Waals surface area contributed by atoms with Crippen molar-refractivity contribution in [3.8, 4) is 5.75 Å². The number of rotatable bonds is 6. The van der Waals surface area contributed by atoms with Crippen LogP contribution >= 0.6 is 11.6 Å². The van der Waals surface area contributed by atoms with Crippen molar-refractivity contribution in [1.82, 2.24) is 5.32 Å². The van der Waals surface area contributed by atoms with Gasteiger partial charge in [0, 0.05) is 11.6 Å². The number of benzene rings is 1. The maximum absolute atomic E-state index is 12.3. The molecule has 2 unspecified atom stereocenters. The van der Waals surface area contributed by atoms with Gasteiger partial charge in [0.15, 0.2) is 6.10 Å². The van der Waals surface area contributed by atoms with E-state index in [0.717, 1.165) is 5.56 Å². The van der Waals surface area contributed by atoms with Gasteiger partial charge in [-0.3, -0.25) is 9.59 Å². The molecule has 0 spiro atoms. The second kappa shape index (κ2) is 7.19. The Kier molecular flexibility index (Phi) is 5.49. The van der Waals surface area contributed by atoms with E-state index >= 15 is 0 Å². The first kappa shape index (κ1) is 17.6. The average Bonchev–Trinajstić information content (AvgIpc) is 2.90. The van der Waals surface area contributed by atoms with E-state index in [0.29, 0.717) is 23.8 Å². The van der Waals surface area contributed by atoms with Gasteiger partial charge in [0.25, 0.3) is 5.91 Å². The average molecular weight is 342 g/mol. The van der Waals surface area contributed by atoms with Crippen LogP contribution in [0.4, 0.5) is 0 Å². The highest BCUT2D eigenvalue weighted by molar-refractivity contribution is 6.31. The molecule has 0 aromatic heterocycles. The van der Waals surface area contributed by atoms with Crippen LogP contribution in [0.3, 0.4) is 0 Å². The molecule has 126 valence electrons. The zero-order valence-electron chi connectivity index (χ0n) is 13.1. The van der Waals surface area contributed by atoms with Crippen molar-refractivity contribution >= 4 is 23.5 Å². The van der Waals surface area contributed by atoms with Crippen LogP contribution in [-0.2, 0) is 14.3 Å². The Balaban J connectivity index is 2.00. The number of carboxylic acid groups (broad SMARTS) is 1. The second-order valence-corrected chi connectivity index (χ2v) is 6.22. The van der Waals surface area contributed by atoms with Crippen LogP contribution in [0.15, 0.2) is 18.2 Å². The molecular weight excluding hydrogens is 322 g/mol. The summed E-state index contributed by atoms with van der Waals surface area (Å²) in [5.74, 6) is -0.813. The van der Waals surface area contributed by atoms with Gasteiger partial charge in [-0.1, -0.05) is 11.6 Å². The topological polar surface area (TPSA) is 84.9 Å². The number of carbonyl (C=O) groups excluding carboxylic acids is 1. The minimum absolute atomic E-state index is 0.175. The summed E-state index contributed by atoms with van der Waals surface area (Å²) in [6.07, 6.45) is -0.467. The van der Waals surface area contributed by atoms with Crippen LogP contribution in [0.1, 0.15) is 25.3 Å². The Bertz CT molecular complexity index is 598. The minimum Gasteiger partial charge on any atom is -0.481 e. The number of hydrogen-bond acceptors (Lipinski definition) is 4. The van der Waals surface area contributed by atoms with Crippen molar-refractivity contribution in [3.63, 3.8) is 0 Å². The van der Waals surface area contributed by atoms with Gasteiger partial charge >= 0.3 is 5.97 Å². The summed E-state index contributed by atoms with van der Waals surface area (Å²) in [4.78, 5) is 23.4. The van der Waals surface area contributed by atoms with Gasteiger partial charge in [0.05, 0.1) is 18.6 Å². The van der Waals surface area contributed by atoms with Crippen LogP contribution in [0.25, 0.3) is 0 Å². The highest BCUT2D eigenvalue weighted by atomic mass is 35.5. The first-order valence-corrected chi connectivity index (χ1v) is 7.73. The zero-order valence-corrected chi connectivity index (χ0v) is 13.9. The first-order valence-electron chi connectivity index (χ1n) is 7.36. The Morgan fingerprint density at radius 2 is 2.26 bits per heavy atom. The number of carboxylic acids is 1. The van der Waals surface area contributed by atoms with E-state index in [9.17, 15) is 9.59 Å². The number of aryl methyl sites for hydroxylation is 1. The Morgan fingerprint density at radius 1 is 1.52 bits per heavy atom. The van der Waals surface area contributed by atoms with Crippen molar-refractivity contribution in [2.75, 3.05) is 13.2 Å². The SMILES string of the molecule is Cc1cc(OC(C)C(=O)NC2(CC(=O)O)CCOC2)ccc1Cl. The minimum atomic E-state index is -0.974. The molecule has 1 saturated heterocycles. The molecule has 7 heteroatoms. The molecule has 1 aromatic carbocycles. The van der Waals surface area contributed by atoms with Gasteiger partial charge in [-0.05, 0) is 44.0 Å². The van der Waals surface area contributed by atoms with Crippen molar-refractivity contribution < 1.29 is 24.2 Å². The molecule has 2 rings (SSSR count). The number of nitrogens with one attached hydrogen (secondary N) is 1. The smallest absolute Gasteiger partial charge is 0.305 e. The van der Waals surface area contributed by atoms with Crippen LogP contribution in [-0.4, -0.2) is 41.8 Å². The van der Waals surface area contributed by atoms with E-state index in [1.165, 1.54) is 0 Å². The predicted molar refractivity (Wildman–Crippen MR) is 84.8 cm³/mol. The fourth-order valence-corrected chi connectivity index (χ4v) is 2.61. The lowest BCUT2D eigenvalue weighted by Crippen LogP contribution is -2.53. The van der Waals surface area contributed by atoms with Crippen molar-refractivity contribution in [3.05, 3.63) is 28.8 Å². The van der Waals surface area contributed by atoms with Gasteiger partial charge in [0.1, 0.15) is 5.75 Å². The fraction of sp³-hybridized carbons (Fsp3) is 0.500. The van der Waals surface area contributed by atoms with Crippen LogP contribution in [0.2, 0.25) is 5.02 Å². The van der Waals surface area contributed by atoms with Gasteiger partial charge in [-0.25, -0.2) is 0 Å². The van der Waals surface area contributed by atoms with Gasteiger partial charge < -0.3 is 19.9 Å². The lowest BCUT2D eigenvalue weighted by molar-refractivity contribution is -0.139. The van der Waals surface area contributed by atoms with Crippen molar-refractivity contribution in [1.29, 1.82) is 0 Å². The quantitative estimate of drug-likeness (QED) is 0.828. The molecule has 1 heterocycles. The largest absolute Gasteiger partial charge is 0.481 e. The summed E-state index contributed by atoms with van der Waals surface area (Å²) in [6.45, 7) is 4.08. The van der Waals surface area contributed by atoms with E-state index in [2.05, 4.69) is 5.32 Å². The number of halogens is 1.